The van der Waals surface area contributed by atoms with Gasteiger partial charge in [0, 0.05) is 21.5 Å². The Hall–Kier alpha value is -3.29. The zero-order valence-electron chi connectivity index (χ0n) is 19.0. The lowest BCUT2D eigenvalue weighted by Gasteiger charge is -2.25. The molecule has 0 radical (unpaired) electrons. The lowest BCUT2D eigenvalue weighted by atomic mass is 9.95. The summed E-state index contributed by atoms with van der Waals surface area (Å²) in [5.74, 6) is -17.3. The van der Waals surface area contributed by atoms with Crippen LogP contribution in [-0.4, -0.2) is 42.0 Å². The SMILES string of the molecule is COc1ncc(C2=C(c3cc(-c4ccc(C(F)(F)F)cc4)sc3C)C(F)(F)C(F)(F)C2(F)F)c(OC)n1. The molecule has 0 amide bonds. The molecule has 0 saturated heterocycles. The van der Waals surface area contributed by atoms with Crippen molar-refractivity contribution < 1.29 is 49.0 Å². The van der Waals surface area contributed by atoms with Crippen LogP contribution < -0.4 is 9.47 Å². The van der Waals surface area contributed by atoms with Crippen molar-refractivity contribution in [1.82, 2.24) is 9.97 Å². The highest BCUT2D eigenvalue weighted by Gasteiger charge is 2.80. The molecule has 4 rings (SSSR count). The van der Waals surface area contributed by atoms with E-state index in [-0.39, 0.29) is 21.3 Å². The minimum Gasteiger partial charge on any atom is -0.480 e. The van der Waals surface area contributed by atoms with E-state index in [4.69, 9.17) is 9.47 Å². The zero-order valence-corrected chi connectivity index (χ0v) is 19.8. The number of thiophene rings is 1. The summed E-state index contributed by atoms with van der Waals surface area (Å²) in [5.41, 5.74) is -5.76. The van der Waals surface area contributed by atoms with Gasteiger partial charge in [-0.05, 0) is 36.2 Å². The van der Waals surface area contributed by atoms with Crippen LogP contribution in [0.15, 0.2) is 36.5 Å². The van der Waals surface area contributed by atoms with Crippen LogP contribution in [0.5, 0.6) is 11.9 Å². The van der Waals surface area contributed by atoms with Gasteiger partial charge in [-0.2, -0.15) is 44.5 Å². The Morgan fingerprint density at radius 3 is 1.92 bits per heavy atom. The fourth-order valence-corrected chi connectivity index (χ4v) is 4.94. The van der Waals surface area contributed by atoms with Crippen LogP contribution in [0.3, 0.4) is 0 Å². The van der Waals surface area contributed by atoms with Crippen LogP contribution in [0.25, 0.3) is 21.6 Å². The van der Waals surface area contributed by atoms with E-state index in [0.717, 1.165) is 55.9 Å². The van der Waals surface area contributed by atoms with Crippen molar-refractivity contribution in [3.63, 3.8) is 0 Å². The summed E-state index contributed by atoms with van der Waals surface area (Å²) in [4.78, 5) is 7.27. The van der Waals surface area contributed by atoms with Crippen LogP contribution in [0, 0.1) is 6.92 Å². The summed E-state index contributed by atoms with van der Waals surface area (Å²) in [7, 11) is 2.09. The van der Waals surface area contributed by atoms with E-state index in [0.29, 0.717) is 6.20 Å². The fourth-order valence-electron chi connectivity index (χ4n) is 3.91. The van der Waals surface area contributed by atoms with E-state index in [1.807, 2.05) is 0 Å². The standard InChI is InChI=1S/C23H15F9N2O2S/c1-10-13(8-15(37-10)11-4-6-12(7-5-11)22(28,29)30)16-17(21(26,27)23(31,32)20(16,24)25)14-9-33-19(36-3)34-18(14)35-2/h4-9H,1-3H3. The van der Waals surface area contributed by atoms with E-state index in [2.05, 4.69) is 9.97 Å². The predicted molar refractivity (Wildman–Crippen MR) is 116 cm³/mol. The number of rotatable bonds is 5. The molecule has 0 spiro atoms. The lowest BCUT2D eigenvalue weighted by Crippen LogP contribution is -2.48. The predicted octanol–water partition coefficient (Wildman–Crippen LogP) is 7.38. The second-order valence-corrected chi connectivity index (χ2v) is 9.16. The molecule has 0 saturated carbocycles. The normalized spacial score (nSPS) is 18.3. The number of hydrogen-bond acceptors (Lipinski definition) is 5. The minimum atomic E-state index is -5.83. The van der Waals surface area contributed by atoms with Gasteiger partial charge < -0.3 is 9.47 Å². The van der Waals surface area contributed by atoms with Gasteiger partial charge in [-0.1, -0.05) is 12.1 Å². The molecule has 1 aliphatic rings. The second-order valence-electron chi connectivity index (χ2n) is 7.91. The first-order chi connectivity index (χ1) is 17.1. The fraction of sp³-hybridized carbons (Fsp3) is 0.304. The third-order valence-electron chi connectivity index (χ3n) is 5.73. The molecule has 0 bridgehead atoms. The molecule has 2 aromatic heterocycles. The monoisotopic (exact) mass is 554 g/mol. The molecule has 198 valence electrons. The van der Waals surface area contributed by atoms with Gasteiger partial charge in [-0.15, -0.1) is 11.3 Å². The average molecular weight is 554 g/mol. The summed E-state index contributed by atoms with van der Waals surface area (Å²) >= 11 is 0.761. The van der Waals surface area contributed by atoms with Gasteiger partial charge in [0.05, 0.1) is 30.9 Å². The Morgan fingerprint density at radius 2 is 1.41 bits per heavy atom. The molecule has 1 aromatic carbocycles. The third kappa shape index (κ3) is 4.01. The number of alkyl halides is 9. The highest BCUT2D eigenvalue weighted by molar-refractivity contribution is 7.15. The molecule has 0 fully saturated rings. The molecule has 0 atom stereocenters. The molecule has 37 heavy (non-hydrogen) atoms. The van der Waals surface area contributed by atoms with Gasteiger partial charge in [0.1, 0.15) is 0 Å². The zero-order chi connectivity index (χ0) is 27.6. The summed E-state index contributed by atoms with van der Waals surface area (Å²) in [6, 6.07) is 4.19. The van der Waals surface area contributed by atoms with Gasteiger partial charge in [0.25, 0.3) is 0 Å². The maximum atomic E-state index is 15.1. The number of allylic oxidation sites excluding steroid dienone is 2. The molecule has 1 aliphatic carbocycles. The quantitative estimate of drug-likeness (QED) is 0.309. The summed E-state index contributed by atoms with van der Waals surface area (Å²) in [6.07, 6.45) is -4.01. The molecule has 0 aliphatic heterocycles. The van der Waals surface area contributed by atoms with E-state index in [1.165, 1.54) is 6.92 Å². The molecule has 3 aromatic rings. The second kappa shape index (κ2) is 8.64. The van der Waals surface area contributed by atoms with E-state index in [1.54, 1.807) is 0 Å². The van der Waals surface area contributed by atoms with Gasteiger partial charge in [-0.3, -0.25) is 0 Å². The average Bonchev–Trinajstić information content (AvgIpc) is 3.25. The Bertz CT molecular complexity index is 1380. The van der Waals surface area contributed by atoms with Crippen LogP contribution in [-0.2, 0) is 6.18 Å². The van der Waals surface area contributed by atoms with Crippen LogP contribution >= 0.6 is 11.3 Å². The molecule has 4 nitrogen and oxygen atoms in total. The van der Waals surface area contributed by atoms with Crippen molar-refractivity contribution in [3.8, 4) is 22.3 Å². The van der Waals surface area contributed by atoms with Crippen LogP contribution in [0.4, 0.5) is 39.5 Å². The molecule has 0 N–H and O–H groups in total. The van der Waals surface area contributed by atoms with Crippen molar-refractivity contribution in [2.24, 2.45) is 0 Å². The number of benzene rings is 1. The first-order valence-electron chi connectivity index (χ1n) is 10.2. The Labute approximate surface area is 207 Å². The van der Waals surface area contributed by atoms with E-state index in [9.17, 15) is 22.0 Å². The van der Waals surface area contributed by atoms with Crippen molar-refractivity contribution in [2.45, 2.75) is 30.9 Å². The number of nitrogens with zero attached hydrogens (tertiary/aromatic N) is 2. The lowest BCUT2D eigenvalue weighted by molar-refractivity contribution is -0.254. The van der Waals surface area contributed by atoms with Crippen molar-refractivity contribution in [3.05, 3.63) is 58.1 Å². The number of ether oxygens (including phenoxy) is 2. The van der Waals surface area contributed by atoms with E-state index >= 15 is 17.6 Å². The number of methoxy groups -OCH3 is 2. The Morgan fingerprint density at radius 1 is 0.838 bits per heavy atom. The smallest absolute Gasteiger partial charge is 0.416 e. The number of aromatic nitrogens is 2. The van der Waals surface area contributed by atoms with Crippen molar-refractivity contribution >= 4 is 22.5 Å². The van der Waals surface area contributed by atoms with Gasteiger partial charge in [0.2, 0.25) is 5.88 Å². The summed E-state index contributed by atoms with van der Waals surface area (Å²) < 4.78 is 138. The molecule has 2 heterocycles. The maximum Gasteiger partial charge on any atom is 0.416 e. The van der Waals surface area contributed by atoms with Crippen molar-refractivity contribution in [1.29, 1.82) is 0 Å². The third-order valence-corrected chi connectivity index (χ3v) is 6.83. The Balaban J connectivity index is 1.97. The minimum absolute atomic E-state index is 0.0519. The summed E-state index contributed by atoms with van der Waals surface area (Å²) in [6.45, 7) is 1.24. The maximum absolute atomic E-state index is 15.1. The van der Waals surface area contributed by atoms with E-state index < -0.39 is 57.7 Å². The van der Waals surface area contributed by atoms with Gasteiger partial charge in [0.15, 0.2) is 0 Å². The number of hydrogen-bond donors (Lipinski definition) is 0. The number of aryl methyl sites for hydroxylation is 1. The van der Waals surface area contributed by atoms with Crippen LogP contribution in [0.2, 0.25) is 0 Å². The van der Waals surface area contributed by atoms with Gasteiger partial charge >= 0.3 is 30.0 Å². The van der Waals surface area contributed by atoms with Crippen LogP contribution in [0.1, 0.15) is 21.6 Å². The highest BCUT2D eigenvalue weighted by atomic mass is 32.1. The van der Waals surface area contributed by atoms with Gasteiger partial charge in [-0.25, -0.2) is 4.98 Å². The molecular weight excluding hydrogens is 539 g/mol. The van der Waals surface area contributed by atoms with Crippen molar-refractivity contribution in [2.75, 3.05) is 14.2 Å². The first kappa shape index (κ1) is 26.8. The molecular formula is C23H15F9N2O2S. The molecule has 0 unspecified atom stereocenters. The Kier molecular flexibility index (Phi) is 6.25. The number of halogens is 9. The summed E-state index contributed by atoms with van der Waals surface area (Å²) in [5, 5.41) is 0. The highest BCUT2D eigenvalue weighted by Crippen LogP contribution is 2.66. The largest absolute Gasteiger partial charge is 0.480 e. The molecule has 14 heteroatoms. The first-order valence-corrected chi connectivity index (χ1v) is 11.0. The topological polar surface area (TPSA) is 44.2 Å².